The average Bonchev–Trinajstić information content (AvgIpc) is 2.97. The monoisotopic (exact) mass is 443 g/mol. The number of thiocarbonyl (C=S) groups is 1. The van der Waals surface area contributed by atoms with Gasteiger partial charge in [0, 0.05) is 10.6 Å². The van der Waals surface area contributed by atoms with Gasteiger partial charge in [-0.25, -0.2) is 0 Å². The molecule has 0 saturated carbocycles. The zero-order valence-electron chi connectivity index (χ0n) is 15.8. The van der Waals surface area contributed by atoms with Gasteiger partial charge in [-0.15, -0.1) is 0 Å². The fourth-order valence-electron chi connectivity index (χ4n) is 3.22. The highest BCUT2D eigenvalue weighted by atomic mass is 35.5. The minimum absolute atomic E-state index is 0.121. The molecule has 2 aromatic rings. The van der Waals surface area contributed by atoms with E-state index in [1.807, 2.05) is 61.5 Å². The molecule has 148 valence electrons. The Balaban J connectivity index is 1.61. The number of amides is 1. The van der Waals surface area contributed by atoms with Crippen molar-refractivity contribution in [2.24, 2.45) is 0 Å². The number of benzene rings is 2. The van der Waals surface area contributed by atoms with E-state index in [1.54, 1.807) is 12.0 Å². The smallest absolute Gasteiger partial charge is 0.266 e. The summed E-state index contributed by atoms with van der Waals surface area (Å²) in [6.45, 7) is 2.30. The number of hydrogen-bond acceptors (Lipinski definition) is 5. The van der Waals surface area contributed by atoms with Crippen molar-refractivity contribution in [3.05, 3.63) is 75.2 Å². The maximum absolute atomic E-state index is 13.0. The Bertz CT molecular complexity index is 1060. The minimum atomic E-state index is -0.217. The van der Waals surface area contributed by atoms with Crippen LogP contribution in [0.2, 0.25) is 5.02 Å². The van der Waals surface area contributed by atoms with Gasteiger partial charge in [0.05, 0.1) is 18.6 Å². The predicted octanol–water partition coefficient (Wildman–Crippen LogP) is 5.46. The van der Waals surface area contributed by atoms with Crippen LogP contribution in [0.5, 0.6) is 11.5 Å². The van der Waals surface area contributed by atoms with Gasteiger partial charge in [0.1, 0.15) is 10.4 Å². The molecule has 0 radical (unpaired) electrons. The SMILES string of the molecule is COc1cccc2c1OC(C)C(C=C1SC(=S)N(Cc3ccccc3Cl)C1=O)=C2. The number of hydrogen-bond donors (Lipinski definition) is 0. The molecule has 1 amide bonds. The minimum Gasteiger partial charge on any atom is -0.493 e. The molecule has 2 heterocycles. The second-order valence-electron chi connectivity index (χ2n) is 6.64. The van der Waals surface area contributed by atoms with Crippen LogP contribution >= 0.6 is 35.6 Å². The van der Waals surface area contributed by atoms with Crippen LogP contribution in [0.3, 0.4) is 0 Å². The Kier molecular flexibility index (Phi) is 5.67. The number of halogens is 1. The Morgan fingerprint density at radius 1 is 1.28 bits per heavy atom. The molecule has 1 unspecified atom stereocenters. The molecule has 0 aliphatic carbocycles. The lowest BCUT2D eigenvalue weighted by Gasteiger charge is -2.24. The van der Waals surface area contributed by atoms with Crippen molar-refractivity contribution in [1.29, 1.82) is 0 Å². The van der Waals surface area contributed by atoms with E-state index in [2.05, 4.69) is 0 Å². The average molecular weight is 444 g/mol. The second-order valence-corrected chi connectivity index (χ2v) is 8.73. The summed E-state index contributed by atoms with van der Waals surface area (Å²) in [6, 6.07) is 13.2. The molecule has 29 heavy (non-hydrogen) atoms. The molecule has 2 aliphatic heterocycles. The number of ether oxygens (including phenoxy) is 2. The molecule has 1 saturated heterocycles. The van der Waals surface area contributed by atoms with Gasteiger partial charge in [0.25, 0.3) is 5.91 Å². The maximum atomic E-state index is 13.0. The third-order valence-corrected chi connectivity index (χ3v) is 6.52. The maximum Gasteiger partial charge on any atom is 0.266 e. The van der Waals surface area contributed by atoms with Crippen LogP contribution in [0.15, 0.2) is 59.0 Å². The van der Waals surface area contributed by atoms with Crippen LogP contribution in [0.25, 0.3) is 6.08 Å². The van der Waals surface area contributed by atoms with Crippen molar-refractivity contribution < 1.29 is 14.3 Å². The van der Waals surface area contributed by atoms with E-state index in [0.29, 0.717) is 32.3 Å². The molecule has 2 aliphatic rings. The summed E-state index contributed by atoms with van der Waals surface area (Å²) in [7, 11) is 1.62. The van der Waals surface area contributed by atoms with Gasteiger partial charge in [-0.05, 0) is 42.3 Å². The number of carbonyl (C=O) groups is 1. The molecule has 7 heteroatoms. The highest BCUT2D eigenvalue weighted by Gasteiger charge is 2.33. The number of para-hydroxylation sites is 1. The normalized spacial score (nSPS) is 19.8. The van der Waals surface area contributed by atoms with Gasteiger partial charge in [0.15, 0.2) is 11.5 Å². The predicted molar refractivity (Wildman–Crippen MR) is 121 cm³/mol. The van der Waals surface area contributed by atoms with Crippen LogP contribution in [-0.4, -0.2) is 28.3 Å². The number of rotatable bonds is 4. The van der Waals surface area contributed by atoms with E-state index in [-0.39, 0.29) is 12.0 Å². The Morgan fingerprint density at radius 2 is 2.07 bits per heavy atom. The molecule has 4 rings (SSSR count). The fourth-order valence-corrected chi connectivity index (χ4v) is 4.67. The third kappa shape index (κ3) is 3.92. The molecule has 0 N–H and O–H groups in total. The van der Waals surface area contributed by atoms with Crippen molar-refractivity contribution >= 4 is 51.9 Å². The van der Waals surface area contributed by atoms with Crippen LogP contribution in [-0.2, 0) is 11.3 Å². The summed E-state index contributed by atoms with van der Waals surface area (Å²) >= 11 is 13.0. The highest BCUT2D eigenvalue weighted by Crippen LogP contribution is 2.40. The molecular formula is C22H18ClNO3S2. The van der Waals surface area contributed by atoms with Crippen LogP contribution in [0.1, 0.15) is 18.1 Å². The van der Waals surface area contributed by atoms with Crippen LogP contribution < -0.4 is 9.47 Å². The van der Waals surface area contributed by atoms with Crippen LogP contribution in [0.4, 0.5) is 0 Å². The highest BCUT2D eigenvalue weighted by molar-refractivity contribution is 8.26. The molecular weight excluding hydrogens is 426 g/mol. The first kappa shape index (κ1) is 20.0. The first-order chi connectivity index (χ1) is 14.0. The van der Waals surface area contributed by atoms with Gasteiger partial charge in [-0.2, -0.15) is 0 Å². The van der Waals surface area contributed by atoms with Gasteiger partial charge in [0.2, 0.25) is 0 Å². The zero-order chi connectivity index (χ0) is 20.5. The lowest BCUT2D eigenvalue weighted by atomic mass is 10.0. The lowest BCUT2D eigenvalue weighted by molar-refractivity contribution is -0.122. The van der Waals surface area contributed by atoms with Crippen LogP contribution in [0, 0.1) is 0 Å². The van der Waals surface area contributed by atoms with E-state index in [4.69, 9.17) is 33.3 Å². The molecule has 0 spiro atoms. The largest absolute Gasteiger partial charge is 0.493 e. The fraction of sp³-hybridized carbons (Fsp3) is 0.182. The van der Waals surface area contributed by atoms with Crippen molar-refractivity contribution in [3.8, 4) is 11.5 Å². The molecule has 4 nitrogen and oxygen atoms in total. The second kappa shape index (κ2) is 8.22. The number of fused-ring (bicyclic) bond motifs is 1. The van der Waals surface area contributed by atoms with Gasteiger partial charge in [-0.3, -0.25) is 9.69 Å². The van der Waals surface area contributed by atoms with Crippen molar-refractivity contribution in [3.63, 3.8) is 0 Å². The third-order valence-electron chi connectivity index (χ3n) is 4.77. The molecule has 0 aromatic heterocycles. The summed E-state index contributed by atoms with van der Waals surface area (Å²) in [5.74, 6) is 1.28. The van der Waals surface area contributed by atoms with Gasteiger partial charge < -0.3 is 9.47 Å². The Morgan fingerprint density at radius 3 is 2.83 bits per heavy atom. The quantitative estimate of drug-likeness (QED) is 0.463. The van der Waals surface area contributed by atoms with E-state index >= 15 is 0 Å². The first-order valence-corrected chi connectivity index (χ1v) is 10.6. The zero-order valence-corrected chi connectivity index (χ0v) is 18.2. The summed E-state index contributed by atoms with van der Waals surface area (Å²) in [5, 5.41) is 0.619. The summed E-state index contributed by atoms with van der Waals surface area (Å²) < 4.78 is 12.0. The lowest BCUT2D eigenvalue weighted by Crippen LogP contribution is -2.27. The molecule has 2 aromatic carbocycles. The molecule has 0 bridgehead atoms. The Hall–Kier alpha value is -2.28. The number of thioether (sulfide) groups is 1. The van der Waals surface area contributed by atoms with E-state index in [1.165, 1.54) is 11.8 Å². The van der Waals surface area contributed by atoms with E-state index in [9.17, 15) is 4.79 Å². The standard InChI is InChI=1S/C22H18ClNO3S2/c1-13-16(10-14-7-5-9-18(26-2)20(14)27-13)11-19-21(25)24(22(28)29-19)12-15-6-3-4-8-17(15)23/h3-11,13H,12H2,1-2H3. The summed E-state index contributed by atoms with van der Waals surface area (Å²) in [4.78, 5) is 15.1. The van der Waals surface area contributed by atoms with E-state index in [0.717, 1.165) is 16.7 Å². The molecule has 1 atom stereocenters. The molecule has 1 fully saturated rings. The number of methoxy groups -OCH3 is 1. The van der Waals surface area contributed by atoms with Crippen molar-refractivity contribution in [2.75, 3.05) is 7.11 Å². The number of nitrogens with zero attached hydrogens (tertiary/aromatic N) is 1. The van der Waals surface area contributed by atoms with Crippen molar-refractivity contribution in [1.82, 2.24) is 4.90 Å². The summed E-state index contributed by atoms with van der Waals surface area (Å²) in [5.41, 5.74) is 2.69. The first-order valence-electron chi connectivity index (χ1n) is 9.02. The van der Waals surface area contributed by atoms with E-state index < -0.39 is 0 Å². The topological polar surface area (TPSA) is 38.8 Å². The summed E-state index contributed by atoms with van der Waals surface area (Å²) in [6.07, 6.45) is 3.66. The Labute approximate surface area is 184 Å². The van der Waals surface area contributed by atoms with Gasteiger partial charge >= 0.3 is 0 Å². The van der Waals surface area contributed by atoms with Crippen molar-refractivity contribution in [2.45, 2.75) is 19.6 Å². The van der Waals surface area contributed by atoms with Gasteiger partial charge in [-0.1, -0.05) is 65.9 Å². The number of carbonyl (C=O) groups excluding carboxylic acids is 1.